The summed E-state index contributed by atoms with van der Waals surface area (Å²) in [4.78, 5) is 20.2. The Morgan fingerprint density at radius 2 is 2.04 bits per heavy atom. The van der Waals surface area contributed by atoms with E-state index in [9.17, 15) is 10.0 Å². The Labute approximate surface area is 150 Å². The van der Waals surface area contributed by atoms with E-state index >= 15 is 0 Å². The maximum Gasteiger partial charge on any atom is 0.434 e. The van der Waals surface area contributed by atoms with Crippen molar-refractivity contribution in [1.29, 1.82) is 0 Å². The summed E-state index contributed by atoms with van der Waals surface area (Å²) in [6.45, 7) is 5.32. The van der Waals surface area contributed by atoms with Crippen LogP contribution in [0.3, 0.4) is 0 Å². The number of carbonyl (C=O) groups is 1. The van der Waals surface area contributed by atoms with Crippen molar-refractivity contribution in [3.05, 3.63) is 34.9 Å². The van der Waals surface area contributed by atoms with E-state index in [4.69, 9.17) is 4.74 Å². The van der Waals surface area contributed by atoms with Crippen LogP contribution in [0, 0.1) is 0 Å². The molecule has 0 atom stereocenters. The first-order chi connectivity index (χ1) is 10.7. The number of benzene rings is 1. The van der Waals surface area contributed by atoms with Crippen molar-refractivity contribution in [3.63, 3.8) is 0 Å². The molecule has 0 spiro atoms. The van der Waals surface area contributed by atoms with Crippen molar-refractivity contribution in [2.45, 2.75) is 37.0 Å². The molecule has 124 valence electrons. The number of halogens is 2. The van der Waals surface area contributed by atoms with Crippen molar-refractivity contribution in [3.8, 4) is 11.4 Å². The van der Waals surface area contributed by atoms with Crippen molar-refractivity contribution >= 4 is 38.0 Å². The highest BCUT2D eigenvalue weighted by Crippen LogP contribution is 2.23. The summed E-state index contributed by atoms with van der Waals surface area (Å²) in [5.74, 6) is 0. The summed E-state index contributed by atoms with van der Waals surface area (Å²) in [5, 5.41) is 11.7. The molecule has 0 saturated carbocycles. The number of nitrogens with zero attached hydrogens (tertiary/aromatic N) is 3. The second-order valence-electron chi connectivity index (χ2n) is 5.85. The summed E-state index contributed by atoms with van der Waals surface area (Å²) < 4.78 is 6.22. The summed E-state index contributed by atoms with van der Waals surface area (Å²) in [7, 11) is 0. The smallest absolute Gasteiger partial charge is 0.434 e. The number of rotatable bonds is 2. The van der Waals surface area contributed by atoms with Crippen molar-refractivity contribution in [1.82, 2.24) is 9.71 Å². The van der Waals surface area contributed by atoms with Gasteiger partial charge in [-0.15, -0.1) is 0 Å². The standard InChI is InChI=1S/C15H17Br2N3O3/c1-15(2,3)23-14(21)18-9-4-5-10-12(6-9)20(22)13(8-17)11(7-16)19-10/h4-6,22H,7-8H2,1-3H3/b18-9-. The van der Waals surface area contributed by atoms with Crippen molar-refractivity contribution in [2.75, 3.05) is 0 Å². The van der Waals surface area contributed by atoms with Gasteiger partial charge in [-0.25, -0.2) is 9.78 Å². The van der Waals surface area contributed by atoms with E-state index in [2.05, 4.69) is 41.8 Å². The van der Waals surface area contributed by atoms with Gasteiger partial charge in [0, 0.05) is 10.7 Å². The highest BCUT2D eigenvalue weighted by molar-refractivity contribution is 9.09. The van der Waals surface area contributed by atoms with E-state index in [1.54, 1.807) is 39.0 Å². The molecule has 1 amide bonds. The van der Waals surface area contributed by atoms with Gasteiger partial charge in [-0.2, -0.15) is 9.72 Å². The van der Waals surface area contributed by atoms with Crippen LogP contribution >= 0.6 is 31.9 Å². The molecule has 0 aromatic heterocycles. The largest absolute Gasteiger partial charge is 0.442 e. The summed E-state index contributed by atoms with van der Waals surface area (Å²) >= 11 is 6.69. The monoisotopic (exact) mass is 445 g/mol. The minimum Gasteiger partial charge on any atom is -0.442 e. The van der Waals surface area contributed by atoms with Gasteiger partial charge in [0.15, 0.2) is 0 Å². The quantitative estimate of drug-likeness (QED) is 0.561. The number of fused-ring (bicyclic) bond motifs is 1. The van der Waals surface area contributed by atoms with Crippen LogP contribution < -0.4 is 5.36 Å². The molecule has 1 N–H and O–H groups in total. The molecule has 0 bridgehead atoms. The van der Waals surface area contributed by atoms with Crippen LogP contribution in [-0.2, 0) is 15.4 Å². The Kier molecular flexibility index (Phi) is 5.46. The van der Waals surface area contributed by atoms with Gasteiger partial charge in [-0.3, -0.25) is 0 Å². The Hall–Kier alpha value is -1.41. The SMILES string of the molecule is CC(C)(C)OC(=O)/N=c1/ccc2nc(CBr)c(CBr)n(O)c-2c1. The van der Waals surface area contributed by atoms with E-state index in [-0.39, 0.29) is 0 Å². The second kappa shape index (κ2) is 7.00. The van der Waals surface area contributed by atoms with E-state index < -0.39 is 11.7 Å². The minimum absolute atomic E-state index is 0.392. The number of amides is 1. The number of hydrogen-bond donors (Lipinski definition) is 1. The average Bonchev–Trinajstić information content (AvgIpc) is 2.45. The van der Waals surface area contributed by atoms with E-state index in [1.165, 1.54) is 0 Å². The van der Waals surface area contributed by atoms with Crippen LogP contribution in [0.2, 0.25) is 0 Å². The second-order valence-corrected chi connectivity index (χ2v) is 6.97. The number of carbonyl (C=O) groups excluding carboxylic acids is 1. The van der Waals surface area contributed by atoms with Crippen LogP contribution in [0.5, 0.6) is 0 Å². The highest BCUT2D eigenvalue weighted by Gasteiger charge is 2.17. The maximum absolute atomic E-state index is 11.8. The van der Waals surface area contributed by atoms with Crippen LogP contribution in [0.1, 0.15) is 32.2 Å². The van der Waals surface area contributed by atoms with Gasteiger partial charge >= 0.3 is 6.09 Å². The van der Waals surface area contributed by atoms with Crippen LogP contribution in [0.15, 0.2) is 23.2 Å². The third-order valence-electron chi connectivity index (χ3n) is 2.90. The number of ether oxygens (including phenoxy) is 1. The summed E-state index contributed by atoms with van der Waals surface area (Å²) in [6.07, 6.45) is -0.674. The normalized spacial score (nSPS) is 12.7. The van der Waals surface area contributed by atoms with Crippen LogP contribution in [0.25, 0.3) is 11.4 Å². The predicted molar refractivity (Wildman–Crippen MR) is 93.1 cm³/mol. The van der Waals surface area contributed by atoms with Crippen LogP contribution in [0.4, 0.5) is 4.79 Å². The third kappa shape index (κ3) is 4.32. The first-order valence-electron chi connectivity index (χ1n) is 6.88. The molecule has 1 heterocycles. The number of hydrogen-bond acceptors (Lipinski definition) is 4. The fourth-order valence-corrected chi connectivity index (χ4v) is 2.96. The van der Waals surface area contributed by atoms with Crippen LogP contribution in [-0.4, -0.2) is 26.6 Å². The average molecular weight is 447 g/mol. The zero-order valence-corrected chi connectivity index (χ0v) is 16.2. The molecule has 23 heavy (non-hydrogen) atoms. The van der Waals surface area contributed by atoms with E-state index in [1.807, 2.05) is 0 Å². The lowest BCUT2D eigenvalue weighted by molar-refractivity contribution is 0.0597. The molecule has 0 aromatic carbocycles. The van der Waals surface area contributed by atoms with Gasteiger partial charge in [0.1, 0.15) is 11.3 Å². The minimum atomic E-state index is -0.674. The lowest BCUT2D eigenvalue weighted by Gasteiger charge is -2.17. The zero-order chi connectivity index (χ0) is 17.2. The summed E-state index contributed by atoms with van der Waals surface area (Å²) in [5.41, 5.74) is 1.82. The molecule has 6 nitrogen and oxygen atoms in total. The van der Waals surface area contributed by atoms with Crippen molar-refractivity contribution in [2.24, 2.45) is 4.99 Å². The highest BCUT2D eigenvalue weighted by atomic mass is 79.9. The fraction of sp³-hybridized carbons (Fsp3) is 0.400. The predicted octanol–water partition coefficient (Wildman–Crippen LogP) is 3.85. The first-order valence-corrected chi connectivity index (χ1v) is 9.13. The molecule has 0 radical (unpaired) electrons. The molecule has 0 saturated heterocycles. The Morgan fingerprint density at radius 3 is 2.61 bits per heavy atom. The molecular weight excluding hydrogens is 430 g/mol. The van der Waals surface area contributed by atoms with Gasteiger partial charge in [0.25, 0.3) is 0 Å². The molecule has 8 heteroatoms. The Morgan fingerprint density at radius 1 is 1.35 bits per heavy atom. The van der Waals surface area contributed by atoms with E-state index in [0.29, 0.717) is 33.1 Å². The maximum atomic E-state index is 11.8. The van der Waals surface area contributed by atoms with Gasteiger partial charge in [-0.05, 0) is 39.0 Å². The van der Waals surface area contributed by atoms with Gasteiger partial charge < -0.3 is 9.94 Å². The number of aromatic nitrogens is 2. The Balaban J connectivity index is 2.53. The lowest BCUT2D eigenvalue weighted by Crippen LogP contribution is -2.23. The van der Waals surface area contributed by atoms with E-state index in [0.717, 1.165) is 10.4 Å². The Bertz CT molecular complexity index is 766. The molecule has 0 fully saturated rings. The topological polar surface area (TPSA) is 76.7 Å². The molecule has 2 aliphatic rings. The van der Waals surface area contributed by atoms with Crippen molar-refractivity contribution < 1.29 is 14.7 Å². The van der Waals surface area contributed by atoms with Gasteiger partial charge in [0.05, 0.1) is 22.4 Å². The molecule has 0 aromatic rings. The summed E-state index contributed by atoms with van der Waals surface area (Å²) in [6, 6.07) is 4.96. The zero-order valence-electron chi connectivity index (χ0n) is 13.0. The third-order valence-corrected chi connectivity index (χ3v) is 3.96. The van der Waals surface area contributed by atoms with Gasteiger partial charge in [-0.1, -0.05) is 31.9 Å². The first kappa shape index (κ1) is 17.9. The molecule has 0 unspecified atom stereocenters. The fourth-order valence-electron chi connectivity index (χ4n) is 1.95. The molecule has 1 aliphatic heterocycles. The molecule has 2 rings (SSSR count). The molecule has 1 aliphatic carbocycles. The number of alkyl halides is 2. The lowest BCUT2D eigenvalue weighted by atomic mass is 10.2. The molecular formula is C15H17Br2N3O3. The van der Waals surface area contributed by atoms with Gasteiger partial charge in [0.2, 0.25) is 0 Å².